The normalized spacial score (nSPS) is 18.8. The monoisotopic (exact) mass is 378 g/mol. The highest BCUT2D eigenvalue weighted by atomic mass is 35.5. The summed E-state index contributed by atoms with van der Waals surface area (Å²) < 4.78 is 52.6. The molecule has 4 nitrogen and oxygen atoms in total. The highest BCUT2D eigenvalue weighted by molar-refractivity contribution is 5.85. The third kappa shape index (κ3) is 5.17. The Morgan fingerprint density at radius 2 is 2.08 bits per heavy atom. The van der Waals surface area contributed by atoms with Crippen LogP contribution in [0, 0.1) is 5.82 Å². The van der Waals surface area contributed by atoms with Gasteiger partial charge in [-0.25, -0.2) is 9.37 Å². The van der Waals surface area contributed by atoms with Gasteiger partial charge in [-0.15, -0.1) is 12.4 Å². The van der Waals surface area contributed by atoms with Gasteiger partial charge in [-0.05, 0) is 17.7 Å². The second kappa shape index (κ2) is 8.16. The van der Waals surface area contributed by atoms with E-state index in [0.29, 0.717) is 18.9 Å². The number of rotatable bonds is 4. The highest BCUT2D eigenvalue weighted by Gasteiger charge is 2.30. The van der Waals surface area contributed by atoms with Gasteiger partial charge in [0.15, 0.2) is 0 Å². The van der Waals surface area contributed by atoms with Gasteiger partial charge >= 0.3 is 6.18 Å². The minimum atomic E-state index is -4.29. The van der Waals surface area contributed by atoms with Crippen molar-refractivity contribution in [2.45, 2.75) is 25.3 Å². The van der Waals surface area contributed by atoms with E-state index in [1.54, 1.807) is 6.07 Å². The Balaban J connectivity index is 0.00000225. The number of hydrogen-bond donors (Lipinski definition) is 1. The first kappa shape index (κ1) is 19.7. The average molecular weight is 379 g/mol. The molecule has 0 bridgehead atoms. The molecule has 1 unspecified atom stereocenters. The summed E-state index contributed by atoms with van der Waals surface area (Å²) in [6.45, 7) is 1.22. The van der Waals surface area contributed by atoms with E-state index in [1.807, 2.05) is 11.0 Å². The third-order valence-electron chi connectivity index (χ3n) is 4.08. The maximum absolute atomic E-state index is 13.5. The van der Waals surface area contributed by atoms with Gasteiger partial charge in [0, 0.05) is 38.1 Å². The first-order valence-corrected chi connectivity index (χ1v) is 7.69. The van der Waals surface area contributed by atoms with Crippen LogP contribution >= 0.6 is 12.4 Å². The summed E-state index contributed by atoms with van der Waals surface area (Å²) in [7, 11) is 0. The second-order valence-electron chi connectivity index (χ2n) is 5.83. The van der Waals surface area contributed by atoms with Crippen molar-refractivity contribution in [1.29, 1.82) is 0 Å². The predicted molar refractivity (Wildman–Crippen MR) is 88.0 cm³/mol. The molecule has 0 aliphatic carbocycles. The molecule has 1 aromatic heterocycles. The number of piperazine rings is 1. The molecular formula is C16H19ClF4N4. The van der Waals surface area contributed by atoms with Crippen LogP contribution in [0.15, 0.2) is 36.7 Å². The maximum atomic E-state index is 13.5. The lowest BCUT2D eigenvalue weighted by Crippen LogP contribution is -2.46. The molecule has 0 radical (unpaired) electrons. The third-order valence-corrected chi connectivity index (χ3v) is 4.08. The van der Waals surface area contributed by atoms with Crippen molar-refractivity contribution in [3.63, 3.8) is 0 Å². The molecule has 0 amide bonds. The Bertz CT molecular complexity index is 689. The molecule has 1 fully saturated rings. The van der Waals surface area contributed by atoms with Crippen LogP contribution < -0.4 is 5.32 Å². The zero-order chi connectivity index (χ0) is 17.2. The average Bonchev–Trinajstić information content (AvgIpc) is 2.93. The number of alkyl halides is 3. The molecule has 2 aromatic rings. The largest absolute Gasteiger partial charge is 0.406 e. The molecule has 1 atom stereocenters. The standard InChI is InChI=1S/C16H18F4N4.ClH/c17-13-3-1-2-12(8-13)14-9-21-4-6-23(14)10-15-22-5-7-24(15)11-16(18,19)20;/h1-3,5,7-8,14,21H,4,6,9-11H2;1H. The van der Waals surface area contributed by atoms with Crippen molar-refractivity contribution in [3.8, 4) is 0 Å². The number of hydrogen-bond acceptors (Lipinski definition) is 3. The predicted octanol–water partition coefficient (Wildman–Crippen LogP) is 3.15. The van der Waals surface area contributed by atoms with E-state index in [4.69, 9.17) is 0 Å². The zero-order valence-corrected chi connectivity index (χ0v) is 14.2. The van der Waals surface area contributed by atoms with Crippen LogP contribution in [0.25, 0.3) is 0 Å². The Morgan fingerprint density at radius 1 is 1.28 bits per heavy atom. The molecule has 1 aliphatic heterocycles. The van der Waals surface area contributed by atoms with Gasteiger partial charge in [0.1, 0.15) is 18.2 Å². The fraction of sp³-hybridized carbons (Fsp3) is 0.438. The highest BCUT2D eigenvalue weighted by Crippen LogP contribution is 2.25. The van der Waals surface area contributed by atoms with Crippen molar-refractivity contribution in [1.82, 2.24) is 19.8 Å². The van der Waals surface area contributed by atoms with Crippen molar-refractivity contribution in [2.75, 3.05) is 19.6 Å². The van der Waals surface area contributed by atoms with E-state index in [-0.39, 0.29) is 30.8 Å². The van der Waals surface area contributed by atoms with Crippen LogP contribution in [-0.2, 0) is 13.1 Å². The molecule has 1 aromatic carbocycles. The quantitative estimate of drug-likeness (QED) is 0.830. The number of benzene rings is 1. The topological polar surface area (TPSA) is 33.1 Å². The van der Waals surface area contributed by atoms with Gasteiger partial charge < -0.3 is 9.88 Å². The molecule has 1 aliphatic rings. The Labute approximate surface area is 149 Å². The lowest BCUT2D eigenvalue weighted by atomic mass is 10.0. The lowest BCUT2D eigenvalue weighted by molar-refractivity contribution is -0.141. The number of imidazole rings is 1. The summed E-state index contributed by atoms with van der Waals surface area (Å²) in [5.41, 5.74) is 0.802. The summed E-state index contributed by atoms with van der Waals surface area (Å²) in [4.78, 5) is 6.10. The van der Waals surface area contributed by atoms with E-state index in [9.17, 15) is 17.6 Å². The van der Waals surface area contributed by atoms with Gasteiger partial charge in [-0.3, -0.25) is 4.90 Å². The Morgan fingerprint density at radius 3 is 2.80 bits per heavy atom. The molecule has 1 N–H and O–H groups in total. The molecule has 0 spiro atoms. The number of nitrogens with one attached hydrogen (secondary N) is 1. The van der Waals surface area contributed by atoms with Gasteiger partial charge in [0.05, 0.1) is 6.54 Å². The van der Waals surface area contributed by atoms with E-state index in [2.05, 4.69) is 10.3 Å². The smallest absolute Gasteiger partial charge is 0.325 e. The Kier molecular flexibility index (Phi) is 6.42. The van der Waals surface area contributed by atoms with Crippen molar-refractivity contribution >= 4 is 12.4 Å². The summed E-state index contributed by atoms with van der Waals surface area (Å²) in [6.07, 6.45) is -1.58. The minimum Gasteiger partial charge on any atom is -0.325 e. The van der Waals surface area contributed by atoms with Crippen LogP contribution in [0.1, 0.15) is 17.4 Å². The van der Waals surface area contributed by atoms with E-state index < -0.39 is 12.7 Å². The first-order chi connectivity index (χ1) is 11.4. The second-order valence-corrected chi connectivity index (χ2v) is 5.83. The number of nitrogens with zero attached hydrogens (tertiary/aromatic N) is 3. The summed E-state index contributed by atoms with van der Waals surface area (Å²) in [5.74, 6) is 0.0345. The summed E-state index contributed by atoms with van der Waals surface area (Å²) in [5, 5.41) is 3.24. The Hall–Kier alpha value is -1.64. The zero-order valence-electron chi connectivity index (χ0n) is 13.3. The van der Waals surface area contributed by atoms with E-state index in [0.717, 1.165) is 16.7 Å². The number of halogens is 5. The van der Waals surface area contributed by atoms with Gasteiger partial charge in [-0.2, -0.15) is 13.2 Å². The molecule has 1 saturated heterocycles. The summed E-state index contributed by atoms with van der Waals surface area (Å²) >= 11 is 0. The lowest BCUT2D eigenvalue weighted by Gasteiger charge is -2.36. The van der Waals surface area contributed by atoms with E-state index >= 15 is 0 Å². The van der Waals surface area contributed by atoms with Crippen molar-refractivity contribution in [3.05, 3.63) is 53.9 Å². The molecule has 138 valence electrons. The molecule has 0 saturated carbocycles. The van der Waals surface area contributed by atoms with Crippen LogP contribution in [0.5, 0.6) is 0 Å². The molecule has 2 heterocycles. The van der Waals surface area contributed by atoms with Gasteiger partial charge in [0.25, 0.3) is 0 Å². The molecule has 25 heavy (non-hydrogen) atoms. The van der Waals surface area contributed by atoms with Crippen molar-refractivity contribution in [2.24, 2.45) is 0 Å². The fourth-order valence-electron chi connectivity index (χ4n) is 2.99. The van der Waals surface area contributed by atoms with Crippen LogP contribution in [0.3, 0.4) is 0 Å². The van der Waals surface area contributed by atoms with Crippen LogP contribution in [-0.4, -0.2) is 40.3 Å². The van der Waals surface area contributed by atoms with E-state index in [1.165, 1.54) is 24.5 Å². The SMILES string of the molecule is Cl.Fc1cccc(C2CNCCN2Cc2nccn2CC(F)(F)F)c1. The molecule has 3 rings (SSSR count). The van der Waals surface area contributed by atoms with Gasteiger partial charge in [0.2, 0.25) is 0 Å². The molecule has 9 heteroatoms. The van der Waals surface area contributed by atoms with Crippen LogP contribution in [0.4, 0.5) is 17.6 Å². The number of aromatic nitrogens is 2. The van der Waals surface area contributed by atoms with Crippen molar-refractivity contribution < 1.29 is 17.6 Å². The first-order valence-electron chi connectivity index (χ1n) is 7.69. The summed E-state index contributed by atoms with van der Waals surface area (Å²) in [6, 6.07) is 6.20. The van der Waals surface area contributed by atoms with Crippen LogP contribution in [0.2, 0.25) is 0 Å². The fourth-order valence-corrected chi connectivity index (χ4v) is 2.99. The minimum absolute atomic E-state index is 0. The van der Waals surface area contributed by atoms with Gasteiger partial charge in [-0.1, -0.05) is 12.1 Å². The molecular weight excluding hydrogens is 360 g/mol. The maximum Gasteiger partial charge on any atom is 0.406 e.